The molecule has 1 aromatic carbocycles. The van der Waals surface area contributed by atoms with E-state index in [2.05, 4.69) is 38.9 Å². The maximum absolute atomic E-state index is 12.1. The summed E-state index contributed by atoms with van der Waals surface area (Å²) in [6.45, 7) is 4.94. The number of hydrogen-bond acceptors (Lipinski definition) is 8. The topological polar surface area (TPSA) is 81.9 Å². The van der Waals surface area contributed by atoms with Crippen LogP contribution in [0.15, 0.2) is 36.7 Å². The van der Waals surface area contributed by atoms with E-state index in [4.69, 9.17) is 0 Å². The third kappa shape index (κ3) is 4.16. The van der Waals surface area contributed by atoms with Crippen molar-refractivity contribution in [2.45, 2.75) is 18.9 Å². The fraction of sp³-hybridized carbons (Fsp3) is 0.524. The summed E-state index contributed by atoms with van der Waals surface area (Å²) in [6, 6.07) is 10.5. The summed E-state index contributed by atoms with van der Waals surface area (Å²) in [6.07, 6.45) is 3.41. The summed E-state index contributed by atoms with van der Waals surface area (Å²) in [5, 5.41) is 12.1. The predicted octanol–water partition coefficient (Wildman–Crippen LogP) is 2.24. The smallest absolute Gasteiger partial charge is 0.353 e. The predicted molar refractivity (Wildman–Crippen MR) is 118 cm³/mol. The number of piperazine rings is 1. The molecule has 3 heterocycles. The molecule has 160 valence electrons. The summed E-state index contributed by atoms with van der Waals surface area (Å²) < 4.78 is 0. The van der Waals surface area contributed by atoms with Gasteiger partial charge in [-0.25, -0.2) is 9.97 Å². The Balaban J connectivity index is 1.54. The number of hydrogen-bond donors (Lipinski definition) is 0. The Morgan fingerprint density at radius 3 is 2.27 bits per heavy atom. The van der Waals surface area contributed by atoms with Gasteiger partial charge in [0.25, 0.3) is 0 Å². The summed E-state index contributed by atoms with van der Waals surface area (Å²) in [7, 11) is 4.03. The highest BCUT2D eigenvalue weighted by atomic mass is 16.6. The lowest BCUT2D eigenvalue weighted by Crippen LogP contribution is -2.47. The summed E-state index contributed by atoms with van der Waals surface area (Å²) in [5.74, 6) is 0.850. The molecule has 30 heavy (non-hydrogen) atoms. The zero-order chi connectivity index (χ0) is 21.1. The van der Waals surface area contributed by atoms with Crippen molar-refractivity contribution in [2.24, 2.45) is 0 Å². The Labute approximate surface area is 177 Å². The molecule has 2 saturated heterocycles. The Morgan fingerprint density at radius 2 is 1.63 bits per heavy atom. The number of likely N-dealkylation sites (tertiary alicyclic amines) is 1. The third-order valence-electron chi connectivity index (χ3n) is 6.24. The quantitative estimate of drug-likeness (QED) is 0.547. The first kappa shape index (κ1) is 20.3. The van der Waals surface area contributed by atoms with E-state index in [1.54, 1.807) is 0 Å². The molecular formula is C21H29N7O2. The molecule has 2 aromatic rings. The molecule has 2 aliphatic rings. The minimum Gasteiger partial charge on any atom is -0.368 e. The number of nitrogens with zero attached hydrogens (tertiary/aromatic N) is 7. The zero-order valence-corrected chi connectivity index (χ0v) is 17.6. The zero-order valence-electron chi connectivity index (χ0n) is 17.6. The summed E-state index contributed by atoms with van der Waals surface area (Å²) in [4.78, 5) is 29.0. The van der Waals surface area contributed by atoms with Crippen LogP contribution in [-0.4, -0.2) is 79.2 Å². The molecular weight excluding hydrogens is 382 g/mol. The van der Waals surface area contributed by atoms with Crippen molar-refractivity contribution in [3.8, 4) is 0 Å². The van der Waals surface area contributed by atoms with Crippen LogP contribution in [0.2, 0.25) is 0 Å². The van der Waals surface area contributed by atoms with Crippen LogP contribution in [0.3, 0.4) is 0 Å². The number of para-hydroxylation sites is 1. The van der Waals surface area contributed by atoms with Crippen molar-refractivity contribution in [3.63, 3.8) is 0 Å². The first-order valence-corrected chi connectivity index (χ1v) is 10.5. The molecule has 2 aliphatic heterocycles. The number of benzene rings is 1. The van der Waals surface area contributed by atoms with E-state index in [0.717, 1.165) is 39.0 Å². The van der Waals surface area contributed by atoms with E-state index < -0.39 is 0 Å². The van der Waals surface area contributed by atoms with Gasteiger partial charge in [0.05, 0.1) is 4.92 Å². The fourth-order valence-corrected chi connectivity index (χ4v) is 4.38. The van der Waals surface area contributed by atoms with Crippen LogP contribution in [0.1, 0.15) is 12.8 Å². The third-order valence-corrected chi connectivity index (χ3v) is 6.24. The van der Waals surface area contributed by atoms with Crippen LogP contribution in [0, 0.1) is 10.1 Å². The second kappa shape index (κ2) is 8.83. The van der Waals surface area contributed by atoms with Crippen LogP contribution in [0.4, 0.5) is 23.0 Å². The van der Waals surface area contributed by atoms with Crippen LogP contribution < -0.4 is 14.7 Å². The SMILES string of the molecule is CN1CCC(N(C)c2ncnc(N3CCN(c4ccccc4)CC3)c2[N+](=O)[O-])CC1. The van der Waals surface area contributed by atoms with E-state index >= 15 is 0 Å². The van der Waals surface area contributed by atoms with Crippen molar-refractivity contribution < 1.29 is 4.92 Å². The van der Waals surface area contributed by atoms with Gasteiger partial charge < -0.3 is 19.6 Å². The van der Waals surface area contributed by atoms with Gasteiger partial charge in [0.1, 0.15) is 6.33 Å². The van der Waals surface area contributed by atoms with Gasteiger partial charge in [-0.3, -0.25) is 10.1 Å². The van der Waals surface area contributed by atoms with Crippen molar-refractivity contribution in [2.75, 3.05) is 68.1 Å². The maximum Gasteiger partial charge on any atom is 0.353 e. The molecule has 0 spiro atoms. The van der Waals surface area contributed by atoms with Crippen molar-refractivity contribution in [1.82, 2.24) is 14.9 Å². The van der Waals surface area contributed by atoms with Gasteiger partial charge in [-0.1, -0.05) is 18.2 Å². The molecule has 0 unspecified atom stereocenters. The van der Waals surface area contributed by atoms with Crippen molar-refractivity contribution in [1.29, 1.82) is 0 Å². The Bertz CT molecular complexity index is 863. The molecule has 0 aliphatic carbocycles. The standard InChI is InChI=1S/C21H29N7O2/c1-24-10-8-17(9-11-24)25(2)20-19(28(29)30)21(23-16-22-20)27-14-12-26(13-15-27)18-6-4-3-5-7-18/h3-7,16-17H,8-15H2,1-2H3. The van der Waals surface area contributed by atoms with Gasteiger partial charge in [0.2, 0.25) is 11.6 Å². The number of nitro groups is 1. The molecule has 2 fully saturated rings. The normalized spacial score (nSPS) is 18.5. The van der Waals surface area contributed by atoms with Crippen LogP contribution in [0.5, 0.6) is 0 Å². The van der Waals surface area contributed by atoms with Crippen LogP contribution >= 0.6 is 0 Å². The lowest BCUT2D eigenvalue weighted by molar-refractivity contribution is -0.383. The monoisotopic (exact) mass is 411 g/mol. The molecule has 0 bridgehead atoms. The van der Waals surface area contributed by atoms with Crippen molar-refractivity contribution >= 4 is 23.0 Å². The van der Waals surface area contributed by atoms with Gasteiger partial charge in [0, 0.05) is 45.0 Å². The molecule has 0 amide bonds. The molecule has 0 radical (unpaired) electrons. The molecule has 0 N–H and O–H groups in total. The van der Waals surface area contributed by atoms with E-state index in [0.29, 0.717) is 24.7 Å². The summed E-state index contributed by atoms with van der Waals surface area (Å²) >= 11 is 0. The lowest BCUT2D eigenvalue weighted by Gasteiger charge is -2.37. The lowest BCUT2D eigenvalue weighted by atomic mass is 10.0. The van der Waals surface area contributed by atoms with E-state index in [1.165, 1.54) is 12.0 Å². The average molecular weight is 412 g/mol. The number of aromatic nitrogens is 2. The molecule has 9 nitrogen and oxygen atoms in total. The highest BCUT2D eigenvalue weighted by molar-refractivity contribution is 5.71. The second-order valence-corrected chi connectivity index (χ2v) is 8.08. The molecule has 1 aromatic heterocycles. The largest absolute Gasteiger partial charge is 0.368 e. The first-order chi connectivity index (χ1) is 14.5. The van der Waals surface area contributed by atoms with Gasteiger partial charge in [0.15, 0.2) is 0 Å². The van der Waals surface area contributed by atoms with Gasteiger partial charge in [-0.2, -0.15) is 0 Å². The van der Waals surface area contributed by atoms with E-state index in [-0.39, 0.29) is 16.7 Å². The number of rotatable bonds is 5. The van der Waals surface area contributed by atoms with E-state index in [1.807, 2.05) is 35.0 Å². The molecule has 9 heteroatoms. The highest BCUT2D eigenvalue weighted by Gasteiger charge is 2.33. The van der Waals surface area contributed by atoms with Crippen LogP contribution in [0.25, 0.3) is 0 Å². The maximum atomic E-state index is 12.1. The highest BCUT2D eigenvalue weighted by Crippen LogP contribution is 2.36. The van der Waals surface area contributed by atoms with Gasteiger partial charge in [-0.15, -0.1) is 0 Å². The summed E-state index contributed by atoms with van der Waals surface area (Å²) in [5.41, 5.74) is 1.20. The van der Waals surface area contributed by atoms with E-state index in [9.17, 15) is 10.1 Å². The minimum absolute atomic E-state index is 0.0205. The second-order valence-electron chi connectivity index (χ2n) is 8.08. The number of piperidine rings is 1. The first-order valence-electron chi connectivity index (χ1n) is 10.5. The average Bonchev–Trinajstić information content (AvgIpc) is 2.79. The minimum atomic E-state index is -0.320. The molecule has 0 saturated carbocycles. The molecule has 4 rings (SSSR count). The Hall–Kier alpha value is -2.94. The van der Waals surface area contributed by atoms with Gasteiger partial charge >= 0.3 is 5.69 Å². The number of anilines is 3. The molecule has 0 atom stereocenters. The fourth-order valence-electron chi connectivity index (χ4n) is 4.38. The van der Waals surface area contributed by atoms with Gasteiger partial charge in [-0.05, 0) is 45.1 Å². The van der Waals surface area contributed by atoms with Crippen molar-refractivity contribution in [3.05, 3.63) is 46.8 Å². The Kier molecular flexibility index (Phi) is 5.98. The van der Waals surface area contributed by atoms with Crippen LogP contribution in [-0.2, 0) is 0 Å². The Morgan fingerprint density at radius 1 is 1.00 bits per heavy atom.